The van der Waals surface area contributed by atoms with Gasteiger partial charge in [-0.25, -0.2) is 19.4 Å². The Hall–Kier alpha value is -4.75. The maximum atomic E-state index is 13.1. The van der Waals surface area contributed by atoms with Gasteiger partial charge in [0.15, 0.2) is 0 Å². The standard InChI is InChI=1S/C38H38Cl2N8O4/c1-21-16-23-18-41-46(2)36(50)31(23)34(42-21)43-27-9-5-7-25(33(27)40)24-6-4-8-26(32(24)39)28-17-22-10-11-29(30(22)35(44-28)52-3)47-13-12-38(19-47)20-48(14-15-49)37(51)45-38/h4-9,16-18,29,49H,10-15,19-20H2,1-3H3,(H,42,43)(H,45,51). The van der Waals surface area contributed by atoms with Crippen LogP contribution >= 0.6 is 23.2 Å². The van der Waals surface area contributed by atoms with E-state index in [0.717, 1.165) is 60.3 Å². The van der Waals surface area contributed by atoms with Crippen LogP contribution in [0.3, 0.4) is 0 Å². The predicted molar refractivity (Wildman–Crippen MR) is 202 cm³/mol. The van der Waals surface area contributed by atoms with Crippen molar-refractivity contribution < 1.29 is 14.6 Å². The molecule has 2 fully saturated rings. The van der Waals surface area contributed by atoms with Crippen molar-refractivity contribution in [3.05, 3.63) is 91.9 Å². The summed E-state index contributed by atoms with van der Waals surface area (Å²) < 4.78 is 7.22. The average molecular weight is 742 g/mol. The first-order chi connectivity index (χ1) is 25.1. The predicted octanol–water partition coefficient (Wildman–Crippen LogP) is 5.87. The number of amides is 2. The lowest BCUT2D eigenvalue weighted by Crippen LogP contribution is -2.46. The SMILES string of the molecule is COc1nc(-c2cccc(-c3cccc(Nc4nc(C)cc5cnn(C)c(=O)c45)c3Cl)c2Cl)cc2c1C(N1CCC3(CN(CCO)C(=O)N3)C1)CC2. The number of carbonyl (C=O) groups is 1. The molecule has 2 atom stereocenters. The molecular formula is C38H38Cl2N8O4. The Morgan fingerprint density at radius 3 is 2.62 bits per heavy atom. The summed E-state index contributed by atoms with van der Waals surface area (Å²) in [6.07, 6.45) is 4.26. The molecule has 2 aromatic carbocycles. The van der Waals surface area contributed by atoms with Crippen LogP contribution in [0.4, 0.5) is 16.3 Å². The maximum Gasteiger partial charge on any atom is 0.318 e. The summed E-state index contributed by atoms with van der Waals surface area (Å²) >= 11 is 14.3. The second-order valence-electron chi connectivity index (χ2n) is 13.8. The Balaban J connectivity index is 1.10. The largest absolute Gasteiger partial charge is 0.481 e. The first-order valence-corrected chi connectivity index (χ1v) is 18.0. The first kappa shape index (κ1) is 34.3. The molecule has 2 unspecified atom stereocenters. The van der Waals surface area contributed by atoms with Crippen LogP contribution in [-0.4, -0.2) is 86.1 Å². The fraction of sp³-hybridized carbons (Fsp3) is 0.342. The molecule has 2 amide bonds. The van der Waals surface area contributed by atoms with E-state index in [1.165, 1.54) is 4.68 Å². The molecule has 5 heterocycles. The number of fused-ring (bicyclic) bond motifs is 2. The van der Waals surface area contributed by atoms with E-state index in [1.807, 2.05) is 49.4 Å². The van der Waals surface area contributed by atoms with Crippen LogP contribution in [0.25, 0.3) is 33.2 Å². The number of nitrogens with one attached hydrogen (secondary N) is 2. The van der Waals surface area contributed by atoms with Gasteiger partial charge in [-0.2, -0.15) is 5.10 Å². The molecule has 3 aromatic heterocycles. The molecule has 14 heteroatoms. The molecular weight excluding hydrogens is 703 g/mol. The second kappa shape index (κ2) is 13.3. The zero-order valence-electron chi connectivity index (χ0n) is 29.0. The van der Waals surface area contributed by atoms with Crippen molar-refractivity contribution in [2.24, 2.45) is 7.05 Å². The molecule has 8 rings (SSSR count). The Bertz CT molecular complexity index is 2320. The molecule has 3 aliphatic rings. The van der Waals surface area contributed by atoms with E-state index in [-0.39, 0.29) is 29.8 Å². The van der Waals surface area contributed by atoms with Crippen molar-refractivity contribution in [3.8, 4) is 28.3 Å². The average Bonchev–Trinajstić information content (AvgIpc) is 3.83. The summed E-state index contributed by atoms with van der Waals surface area (Å²) in [7, 11) is 3.25. The number of carbonyl (C=O) groups excluding carboxylic acids is 1. The zero-order valence-corrected chi connectivity index (χ0v) is 30.6. The fourth-order valence-corrected chi connectivity index (χ4v) is 8.71. The van der Waals surface area contributed by atoms with Crippen LogP contribution in [0.1, 0.15) is 35.7 Å². The molecule has 2 aliphatic heterocycles. The van der Waals surface area contributed by atoms with E-state index in [1.54, 1.807) is 25.3 Å². The van der Waals surface area contributed by atoms with Crippen molar-refractivity contribution >= 4 is 51.5 Å². The van der Waals surface area contributed by atoms with Crippen LogP contribution in [0.15, 0.2) is 59.5 Å². The molecule has 268 valence electrons. The normalized spacial score (nSPS) is 19.8. The van der Waals surface area contributed by atoms with Crippen molar-refractivity contribution in [2.45, 2.75) is 37.8 Å². The number of anilines is 2. The van der Waals surface area contributed by atoms with Crippen LogP contribution in [0.5, 0.6) is 5.88 Å². The number of ether oxygens (including phenoxy) is 1. The lowest BCUT2D eigenvalue weighted by Gasteiger charge is -2.28. The van der Waals surface area contributed by atoms with E-state index in [4.69, 9.17) is 32.9 Å². The minimum Gasteiger partial charge on any atom is -0.481 e. The first-order valence-electron chi connectivity index (χ1n) is 17.3. The third kappa shape index (κ3) is 5.83. The van der Waals surface area contributed by atoms with E-state index in [2.05, 4.69) is 31.7 Å². The number of hydrogen-bond donors (Lipinski definition) is 3. The number of β-amino-alcohol motifs (C(OH)–C–C–N with tert-alkyl or cyclic N) is 1. The topological polar surface area (TPSA) is 138 Å². The molecule has 3 N–H and O–H groups in total. The summed E-state index contributed by atoms with van der Waals surface area (Å²) in [4.78, 5) is 39.4. The van der Waals surface area contributed by atoms with Gasteiger partial charge in [0.2, 0.25) is 5.88 Å². The number of benzene rings is 2. The molecule has 52 heavy (non-hydrogen) atoms. The molecule has 2 saturated heterocycles. The van der Waals surface area contributed by atoms with Crippen LogP contribution in [0.2, 0.25) is 10.0 Å². The summed E-state index contributed by atoms with van der Waals surface area (Å²) in [6.45, 7) is 4.30. The van der Waals surface area contributed by atoms with Gasteiger partial charge in [-0.15, -0.1) is 0 Å². The number of nitrogens with zero attached hydrogens (tertiary/aromatic N) is 6. The highest BCUT2D eigenvalue weighted by Gasteiger charge is 2.49. The third-order valence-electron chi connectivity index (χ3n) is 10.5. The maximum absolute atomic E-state index is 13.1. The number of aryl methyl sites for hydroxylation is 3. The number of aliphatic hydroxyl groups is 1. The molecule has 5 aromatic rings. The third-order valence-corrected chi connectivity index (χ3v) is 11.4. The van der Waals surface area contributed by atoms with Gasteiger partial charge in [0.05, 0.1) is 52.3 Å². The minimum atomic E-state index is -0.323. The van der Waals surface area contributed by atoms with E-state index in [9.17, 15) is 14.7 Å². The Labute approximate surface area is 310 Å². The van der Waals surface area contributed by atoms with Crippen molar-refractivity contribution in [3.63, 3.8) is 0 Å². The highest BCUT2D eigenvalue weighted by molar-refractivity contribution is 6.39. The lowest BCUT2D eigenvalue weighted by molar-refractivity contribution is 0.193. The van der Waals surface area contributed by atoms with Crippen molar-refractivity contribution in [1.29, 1.82) is 0 Å². The lowest BCUT2D eigenvalue weighted by atomic mass is 9.99. The van der Waals surface area contributed by atoms with Gasteiger partial charge in [0.25, 0.3) is 5.56 Å². The molecule has 0 saturated carbocycles. The van der Waals surface area contributed by atoms with E-state index < -0.39 is 0 Å². The molecule has 1 aliphatic carbocycles. The van der Waals surface area contributed by atoms with Gasteiger partial charge in [0, 0.05) is 72.6 Å². The van der Waals surface area contributed by atoms with Gasteiger partial charge < -0.3 is 25.4 Å². The van der Waals surface area contributed by atoms with Crippen LogP contribution in [0, 0.1) is 6.92 Å². The highest BCUT2D eigenvalue weighted by Crippen LogP contribution is 2.47. The van der Waals surface area contributed by atoms with Gasteiger partial charge in [-0.3, -0.25) is 9.69 Å². The number of rotatable bonds is 8. The number of aliphatic hydroxyl groups excluding tert-OH is 1. The van der Waals surface area contributed by atoms with Crippen molar-refractivity contribution in [2.75, 3.05) is 45.2 Å². The molecule has 0 bridgehead atoms. The zero-order chi connectivity index (χ0) is 36.3. The molecule has 0 radical (unpaired) electrons. The number of pyridine rings is 2. The van der Waals surface area contributed by atoms with Gasteiger partial charge in [-0.05, 0) is 49.9 Å². The highest BCUT2D eigenvalue weighted by atomic mass is 35.5. The van der Waals surface area contributed by atoms with Gasteiger partial charge in [-0.1, -0.05) is 53.5 Å². The van der Waals surface area contributed by atoms with E-state index >= 15 is 0 Å². The number of aromatic nitrogens is 4. The number of hydrogen-bond acceptors (Lipinski definition) is 9. The Morgan fingerprint density at radius 2 is 1.83 bits per heavy atom. The summed E-state index contributed by atoms with van der Waals surface area (Å²) in [5.74, 6) is 0.962. The van der Waals surface area contributed by atoms with E-state index in [0.29, 0.717) is 62.5 Å². The van der Waals surface area contributed by atoms with Crippen LogP contribution in [-0.2, 0) is 13.5 Å². The molecule has 1 spiro atoms. The number of halogens is 2. The molecule has 12 nitrogen and oxygen atoms in total. The Morgan fingerprint density at radius 1 is 1.06 bits per heavy atom. The van der Waals surface area contributed by atoms with Gasteiger partial charge >= 0.3 is 6.03 Å². The minimum absolute atomic E-state index is 0.0527. The Kier molecular flexibility index (Phi) is 8.81. The number of urea groups is 1. The summed E-state index contributed by atoms with van der Waals surface area (Å²) in [5, 5.41) is 22.1. The summed E-state index contributed by atoms with van der Waals surface area (Å²) in [5.41, 5.74) is 5.84. The van der Waals surface area contributed by atoms with Gasteiger partial charge in [0.1, 0.15) is 5.82 Å². The fourth-order valence-electron chi connectivity index (χ4n) is 8.11. The number of likely N-dealkylation sites (tertiary alicyclic amines) is 1. The monoisotopic (exact) mass is 740 g/mol. The number of methoxy groups -OCH3 is 1. The van der Waals surface area contributed by atoms with Crippen molar-refractivity contribution in [1.82, 2.24) is 34.9 Å². The quantitative estimate of drug-likeness (QED) is 0.178. The van der Waals surface area contributed by atoms with Crippen LogP contribution < -0.4 is 20.9 Å². The smallest absolute Gasteiger partial charge is 0.318 e. The second-order valence-corrected chi connectivity index (χ2v) is 14.6. The summed E-state index contributed by atoms with van der Waals surface area (Å²) in [6, 6.07) is 15.4.